The highest BCUT2D eigenvalue weighted by Crippen LogP contribution is 2.10. The molecule has 0 amide bonds. The first-order valence-electron chi connectivity index (χ1n) is 6.30. The van der Waals surface area contributed by atoms with Gasteiger partial charge in [0.15, 0.2) is 0 Å². The summed E-state index contributed by atoms with van der Waals surface area (Å²) in [5.41, 5.74) is 8.20. The molecule has 0 aromatic heterocycles. The monoisotopic (exact) mass is 232 g/mol. The average Bonchev–Trinajstić information content (AvgIpc) is 2.31. The van der Waals surface area contributed by atoms with E-state index in [1.165, 1.54) is 11.1 Å². The van der Waals surface area contributed by atoms with Gasteiger partial charge in [-0.15, -0.1) is 6.58 Å². The minimum atomic E-state index is 0.539. The van der Waals surface area contributed by atoms with Crippen molar-refractivity contribution in [2.24, 2.45) is 5.73 Å². The molecule has 0 fully saturated rings. The Labute approximate surface area is 105 Å². The Bertz CT molecular complexity index is 327. The lowest BCUT2D eigenvalue weighted by Gasteiger charge is -2.25. The summed E-state index contributed by atoms with van der Waals surface area (Å²) in [7, 11) is 0. The Kier molecular flexibility index (Phi) is 5.95. The average molecular weight is 232 g/mol. The van der Waals surface area contributed by atoms with Gasteiger partial charge in [-0.3, -0.25) is 4.90 Å². The van der Waals surface area contributed by atoms with Crippen molar-refractivity contribution in [2.45, 2.75) is 32.9 Å². The quantitative estimate of drug-likeness (QED) is 0.732. The Morgan fingerprint density at radius 2 is 1.82 bits per heavy atom. The molecule has 17 heavy (non-hydrogen) atoms. The van der Waals surface area contributed by atoms with Gasteiger partial charge in [0, 0.05) is 19.1 Å². The molecule has 0 atom stereocenters. The molecule has 0 radical (unpaired) electrons. The van der Waals surface area contributed by atoms with Crippen molar-refractivity contribution in [3.05, 3.63) is 48.0 Å². The summed E-state index contributed by atoms with van der Waals surface area (Å²) in [5, 5.41) is 0. The van der Waals surface area contributed by atoms with Crippen LogP contribution in [0.4, 0.5) is 0 Å². The van der Waals surface area contributed by atoms with E-state index >= 15 is 0 Å². The molecule has 2 nitrogen and oxygen atoms in total. The van der Waals surface area contributed by atoms with Crippen LogP contribution in [-0.4, -0.2) is 24.0 Å². The first-order valence-corrected chi connectivity index (χ1v) is 6.30. The number of benzene rings is 1. The van der Waals surface area contributed by atoms with Gasteiger partial charge in [-0.1, -0.05) is 30.3 Å². The summed E-state index contributed by atoms with van der Waals surface area (Å²) in [6.07, 6.45) is 2.92. The minimum absolute atomic E-state index is 0.539. The number of nitrogens with two attached hydrogens (primary N) is 1. The van der Waals surface area contributed by atoms with Crippen molar-refractivity contribution >= 4 is 0 Å². The van der Waals surface area contributed by atoms with E-state index < -0.39 is 0 Å². The topological polar surface area (TPSA) is 29.3 Å². The molecule has 0 saturated carbocycles. The maximum atomic E-state index is 5.54. The van der Waals surface area contributed by atoms with Gasteiger partial charge in [-0.05, 0) is 37.9 Å². The van der Waals surface area contributed by atoms with Gasteiger partial charge in [-0.25, -0.2) is 0 Å². The van der Waals surface area contributed by atoms with Crippen LogP contribution in [0.3, 0.4) is 0 Å². The molecule has 1 aromatic carbocycles. The van der Waals surface area contributed by atoms with Crippen LogP contribution in [0.1, 0.15) is 25.0 Å². The summed E-state index contributed by atoms with van der Waals surface area (Å²) in [5.74, 6) is 0. The molecule has 0 aliphatic rings. The van der Waals surface area contributed by atoms with E-state index in [2.05, 4.69) is 49.6 Å². The molecule has 0 heterocycles. The number of nitrogens with zero attached hydrogens (tertiary/aromatic N) is 1. The van der Waals surface area contributed by atoms with Crippen LogP contribution >= 0.6 is 0 Å². The molecular formula is C15H24N2. The zero-order valence-corrected chi connectivity index (χ0v) is 11.0. The Morgan fingerprint density at radius 3 is 2.29 bits per heavy atom. The third-order valence-corrected chi connectivity index (χ3v) is 2.94. The van der Waals surface area contributed by atoms with Crippen LogP contribution in [0.5, 0.6) is 0 Å². The fourth-order valence-corrected chi connectivity index (χ4v) is 1.84. The Morgan fingerprint density at radius 1 is 1.24 bits per heavy atom. The van der Waals surface area contributed by atoms with Crippen LogP contribution in [-0.2, 0) is 13.0 Å². The molecular weight excluding hydrogens is 208 g/mol. The lowest BCUT2D eigenvalue weighted by atomic mass is 10.1. The number of rotatable bonds is 7. The number of hydrogen-bond acceptors (Lipinski definition) is 2. The van der Waals surface area contributed by atoms with E-state index in [0.29, 0.717) is 12.6 Å². The molecule has 0 spiro atoms. The van der Waals surface area contributed by atoms with Crippen LogP contribution < -0.4 is 5.73 Å². The van der Waals surface area contributed by atoms with Crippen molar-refractivity contribution < 1.29 is 0 Å². The third kappa shape index (κ3) is 4.72. The molecule has 0 aliphatic heterocycles. The SMILES string of the molecule is C=CCN(Cc1ccc(CCN)cc1)C(C)C. The largest absolute Gasteiger partial charge is 0.330 e. The fraction of sp³-hybridized carbons (Fsp3) is 0.467. The minimum Gasteiger partial charge on any atom is -0.330 e. The highest BCUT2D eigenvalue weighted by molar-refractivity contribution is 5.22. The molecule has 2 N–H and O–H groups in total. The molecule has 1 aromatic rings. The Hall–Kier alpha value is -1.12. The first-order chi connectivity index (χ1) is 8.17. The van der Waals surface area contributed by atoms with E-state index in [-0.39, 0.29) is 0 Å². The van der Waals surface area contributed by atoms with E-state index in [9.17, 15) is 0 Å². The maximum absolute atomic E-state index is 5.54. The highest BCUT2D eigenvalue weighted by Gasteiger charge is 2.07. The predicted octanol–water partition coefficient (Wildman–Crippen LogP) is 2.58. The zero-order valence-electron chi connectivity index (χ0n) is 11.0. The second kappa shape index (κ2) is 7.25. The summed E-state index contributed by atoms with van der Waals surface area (Å²) in [6, 6.07) is 9.28. The lowest BCUT2D eigenvalue weighted by molar-refractivity contribution is 0.237. The normalized spacial score (nSPS) is 11.1. The smallest absolute Gasteiger partial charge is 0.0239 e. The van der Waals surface area contributed by atoms with Crippen molar-refractivity contribution in [3.63, 3.8) is 0 Å². The second-order valence-electron chi connectivity index (χ2n) is 4.67. The molecule has 94 valence electrons. The highest BCUT2D eigenvalue weighted by atomic mass is 15.1. The number of hydrogen-bond donors (Lipinski definition) is 1. The molecule has 0 bridgehead atoms. The van der Waals surface area contributed by atoms with Gasteiger partial charge in [0.05, 0.1) is 0 Å². The summed E-state index contributed by atoms with van der Waals surface area (Å²) < 4.78 is 0. The lowest BCUT2D eigenvalue weighted by Crippen LogP contribution is -2.30. The van der Waals surface area contributed by atoms with Gasteiger partial charge < -0.3 is 5.73 Å². The third-order valence-electron chi connectivity index (χ3n) is 2.94. The van der Waals surface area contributed by atoms with E-state index in [0.717, 1.165) is 19.5 Å². The summed E-state index contributed by atoms with van der Waals surface area (Å²) >= 11 is 0. The second-order valence-corrected chi connectivity index (χ2v) is 4.67. The van der Waals surface area contributed by atoms with E-state index in [1.54, 1.807) is 0 Å². The van der Waals surface area contributed by atoms with Crippen molar-refractivity contribution in [1.29, 1.82) is 0 Å². The van der Waals surface area contributed by atoms with Crippen LogP contribution in [0.2, 0.25) is 0 Å². The van der Waals surface area contributed by atoms with Crippen LogP contribution in [0, 0.1) is 0 Å². The van der Waals surface area contributed by atoms with E-state index in [4.69, 9.17) is 5.73 Å². The van der Waals surface area contributed by atoms with E-state index in [1.807, 2.05) is 6.08 Å². The predicted molar refractivity (Wildman–Crippen MR) is 74.9 cm³/mol. The van der Waals surface area contributed by atoms with Crippen molar-refractivity contribution in [2.75, 3.05) is 13.1 Å². The molecule has 0 saturated heterocycles. The van der Waals surface area contributed by atoms with Gasteiger partial charge in [-0.2, -0.15) is 0 Å². The van der Waals surface area contributed by atoms with Gasteiger partial charge >= 0.3 is 0 Å². The van der Waals surface area contributed by atoms with Crippen LogP contribution in [0.25, 0.3) is 0 Å². The van der Waals surface area contributed by atoms with Crippen molar-refractivity contribution in [1.82, 2.24) is 4.90 Å². The Balaban J connectivity index is 2.63. The zero-order chi connectivity index (χ0) is 12.7. The molecule has 0 unspecified atom stereocenters. The van der Waals surface area contributed by atoms with Gasteiger partial charge in [0.2, 0.25) is 0 Å². The fourth-order valence-electron chi connectivity index (χ4n) is 1.84. The maximum Gasteiger partial charge on any atom is 0.0239 e. The molecule has 2 heteroatoms. The van der Waals surface area contributed by atoms with Gasteiger partial charge in [0.1, 0.15) is 0 Å². The molecule has 1 rings (SSSR count). The van der Waals surface area contributed by atoms with Gasteiger partial charge in [0.25, 0.3) is 0 Å². The van der Waals surface area contributed by atoms with Crippen LogP contribution in [0.15, 0.2) is 36.9 Å². The first kappa shape index (κ1) is 13.9. The summed E-state index contributed by atoms with van der Waals surface area (Å²) in [6.45, 7) is 10.9. The van der Waals surface area contributed by atoms with Crippen molar-refractivity contribution in [3.8, 4) is 0 Å². The standard InChI is InChI=1S/C15H24N2/c1-4-11-17(13(2)3)12-15-7-5-14(6-8-15)9-10-16/h4-8,13H,1,9-12,16H2,2-3H3. The molecule has 0 aliphatic carbocycles. The summed E-state index contributed by atoms with van der Waals surface area (Å²) in [4.78, 5) is 2.39.